The van der Waals surface area contributed by atoms with Gasteiger partial charge in [0.2, 0.25) is 5.91 Å². The monoisotopic (exact) mass is 308 g/mol. The van der Waals surface area contributed by atoms with Crippen molar-refractivity contribution in [2.75, 3.05) is 13.1 Å². The van der Waals surface area contributed by atoms with Crippen LogP contribution in [0.25, 0.3) is 0 Å². The highest BCUT2D eigenvalue weighted by Crippen LogP contribution is 2.21. The van der Waals surface area contributed by atoms with Crippen LogP contribution in [0, 0.1) is 0 Å². The molecule has 1 saturated heterocycles. The third kappa shape index (κ3) is 4.76. The Kier molecular flexibility index (Phi) is 7.00. The second-order valence-corrected chi connectivity index (χ2v) is 6.05. The molecule has 0 aliphatic carbocycles. The van der Waals surface area contributed by atoms with E-state index in [4.69, 9.17) is 11.6 Å². The summed E-state index contributed by atoms with van der Waals surface area (Å²) in [5.41, 5.74) is 0. The average molecular weight is 309 g/mol. The molecule has 1 aromatic heterocycles. The van der Waals surface area contributed by atoms with Gasteiger partial charge < -0.3 is 10.6 Å². The number of rotatable bonds is 4. The van der Waals surface area contributed by atoms with Gasteiger partial charge in [-0.25, -0.2) is 0 Å². The lowest BCUT2D eigenvalue weighted by Crippen LogP contribution is -2.47. The van der Waals surface area contributed by atoms with E-state index in [0.29, 0.717) is 6.54 Å². The van der Waals surface area contributed by atoms with Crippen LogP contribution in [0.5, 0.6) is 0 Å². The first kappa shape index (κ1) is 15.8. The van der Waals surface area contributed by atoms with E-state index in [2.05, 4.69) is 10.6 Å². The van der Waals surface area contributed by atoms with Gasteiger partial charge in [-0.15, -0.1) is 23.7 Å². The van der Waals surface area contributed by atoms with Crippen LogP contribution in [0.4, 0.5) is 0 Å². The van der Waals surface area contributed by atoms with Crippen molar-refractivity contribution < 1.29 is 4.79 Å². The second-order valence-electron chi connectivity index (χ2n) is 4.25. The Hall–Kier alpha value is -0.290. The summed E-state index contributed by atoms with van der Waals surface area (Å²) >= 11 is 7.42. The largest absolute Gasteiger partial charge is 0.354 e. The molecule has 0 radical (unpaired) electrons. The summed E-state index contributed by atoms with van der Waals surface area (Å²) in [6.07, 6.45) is 4.13. The maximum Gasteiger partial charge on any atom is 0.237 e. The predicted molar refractivity (Wildman–Crippen MR) is 78.9 cm³/mol. The van der Waals surface area contributed by atoms with E-state index in [-0.39, 0.29) is 24.4 Å². The van der Waals surface area contributed by atoms with Gasteiger partial charge >= 0.3 is 0 Å². The number of carbonyl (C=O) groups is 1. The molecule has 2 N–H and O–H groups in total. The molecular weight excluding hydrogens is 291 g/mol. The van der Waals surface area contributed by atoms with Gasteiger partial charge in [0.15, 0.2) is 0 Å². The van der Waals surface area contributed by atoms with Crippen molar-refractivity contribution in [1.29, 1.82) is 0 Å². The minimum absolute atomic E-state index is 0. The number of hydrogen-bond donors (Lipinski definition) is 2. The molecule has 1 unspecified atom stereocenters. The Morgan fingerprint density at radius 3 is 2.94 bits per heavy atom. The fourth-order valence-electron chi connectivity index (χ4n) is 1.99. The first-order valence-electron chi connectivity index (χ1n) is 6.01. The number of hydrogen-bond acceptors (Lipinski definition) is 3. The van der Waals surface area contributed by atoms with Crippen molar-refractivity contribution in [3.8, 4) is 0 Å². The molecule has 0 spiro atoms. The minimum atomic E-state index is 0. The molecule has 1 aliphatic rings. The van der Waals surface area contributed by atoms with Gasteiger partial charge in [-0.05, 0) is 37.9 Å². The molecule has 1 aromatic rings. The smallest absolute Gasteiger partial charge is 0.237 e. The van der Waals surface area contributed by atoms with E-state index >= 15 is 0 Å². The van der Waals surface area contributed by atoms with E-state index in [9.17, 15) is 4.79 Å². The summed E-state index contributed by atoms with van der Waals surface area (Å²) in [6.45, 7) is 1.65. The van der Waals surface area contributed by atoms with E-state index < -0.39 is 0 Å². The Morgan fingerprint density at radius 1 is 1.50 bits per heavy atom. The summed E-state index contributed by atoms with van der Waals surface area (Å²) in [5.74, 6) is 0.132. The molecule has 0 bridgehead atoms. The van der Waals surface area contributed by atoms with Crippen molar-refractivity contribution in [3.05, 3.63) is 21.3 Å². The average Bonchev–Trinajstić information content (AvgIpc) is 2.76. The van der Waals surface area contributed by atoms with E-state index in [0.717, 1.165) is 30.1 Å². The number of thiophene rings is 1. The van der Waals surface area contributed by atoms with Crippen LogP contribution in [-0.4, -0.2) is 25.0 Å². The number of carbonyl (C=O) groups excluding carboxylic acids is 1. The molecule has 1 aliphatic heterocycles. The Morgan fingerprint density at radius 2 is 2.33 bits per heavy atom. The Bertz CT molecular complexity index is 378. The first-order valence-corrected chi connectivity index (χ1v) is 7.20. The predicted octanol–water partition coefficient (Wildman–Crippen LogP) is 2.62. The van der Waals surface area contributed by atoms with E-state index in [1.54, 1.807) is 11.3 Å². The zero-order valence-corrected chi connectivity index (χ0v) is 12.5. The molecule has 0 aromatic carbocycles. The molecule has 2 rings (SSSR count). The lowest BCUT2D eigenvalue weighted by Gasteiger charge is -2.22. The van der Waals surface area contributed by atoms with Gasteiger partial charge in [-0.2, -0.15) is 0 Å². The van der Waals surface area contributed by atoms with Crippen LogP contribution in [0.2, 0.25) is 4.34 Å². The Balaban J connectivity index is 0.00000162. The fraction of sp³-hybridized carbons (Fsp3) is 0.583. The Labute approximate surface area is 123 Å². The van der Waals surface area contributed by atoms with Crippen molar-refractivity contribution in [2.24, 2.45) is 0 Å². The third-order valence-electron chi connectivity index (χ3n) is 2.93. The molecule has 2 heterocycles. The lowest BCUT2D eigenvalue weighted by atomic mass is 10.0. The van der Waals surface area contributed by atoms with Crippen molar-refractivity contribution in [2.45, 2.75) is 31.7 Å². The number of amides is 1. The van der Waals surface area contributed by atoms with Gasteiger partial charge in [0.1, 0.15) is 0 Å². The van der Waals surface area contributed by atoms with Crippen molar-refractivity contribution in [3.63, 3.8) is 0 Å². The molecule has 1 atom stereocenters. The van der Waals surface area contributed by atoms with Crippen molar-refractivity contribution >= 4 is 41.3 Å². The van der Waals surface area contributed by atoms with Gasteiger partial charge in [0.25, 0.3) is 0 Å². The zero-order chi connectivity index (χ0) is 12.1. The highest BCUT2D eigenvalue weighted by molar-refractivity contribution is 7.16. The van der Waals surface area contributed by atoms with E-state index in [1.807, 2.05) is 12.1 Å². The third-order valence-corrected chi connectivity index (χ3v) is 4.22. The normalized spacial score (nSPS) is 19.1. The quantitative estimate of drug-likeness (QED) is 0.898. The molecule has 3 nitrogen and oxygen atoms in total. The van der Waals surface area contributed by atoms with Gasteiger partial charge in [-0.1, -0.05) is 18.0 Å². The van der Waals surface area contributed by atoms with Gasteiger partial charge in [0, 0.05) is 11.4 Å². The molecule has 1 fully saturated rings. The maximum atomic E-state index is 11.8. The summed E-state index contributed by atoms with van der Waals surface area (Å²) in [6, 6.07) is 3.92. The van der Waals surface area contributed by atoms with E-state index in [1.165, 1.54) is 11.3 Å². The summed E-state index contributed by atoms with van der Waals surface area (Å²) < 4.78 is 0.806. The molecule has 102 valence electrons. The molecule has 0 saturated carbocycles. The standard InChI is InChI=1S/C12H17ClN2OS.ClH/c13-11-5-4-9(17-11)6-8-15-12(16)10-3-1-2-7-14-10;/h4-5,10,14H,1-3,6-8H2,(H,15,16);1H. The molecular formula is C12H18Cl2N2OS. The lowest BCUT2D eigenvalue weighted by molar-refractivity contribution is -0.123. The minimum Gasteiger partial charge on any atom is -0.354 e. The van der Waals surface area contributed by atoms with Crippen LogP contribution in [0.3, 0.4) is 0 Å². The van der Waals surface area contributed by atoms with Crippen LogP contribution >= 0.6 is 35.3 Å². The molecule has 6 heteroatoms. The highest BCUT2D eigenvalue weighted by Gasteiger charge is 2.19. The number of nitrogens with one attached hydrogen (secondary N) is 2. The first-order chi connectivity index (χ1) is 8.25. The zero-order valence-electron chi connectivity index (χ0n) is 10.1. The summed E-state index contributed by atoms with van der Waals surface area (Å²) in [7, 11) is 0. The van der Waals surface area contributed by atoms with Crippen LogP contribution < -0.4 is 10.6 Å². The van der Waals surface area contributed by atoms with Crippen molar-refractivity contribution in [1.82, 2.24) is 10.6 Å². The second kappa shape index (κ2) is 8.00. The summed E-state index contributed by atoms with van der Waals surface area (Å²) in [5, 5.41) is 6.21. The number of halogens is 2. The fourth-order valence-corrected chi connectivity index (χ4v) is 3.08. The highest BCUT2D eigenvalue weighted by atomic mass is 35.5. The summed E-state index contributed by atoms with van der Waals surface area (Å²) in [4.78, 5) is 13.0. The van der Waals surface area contributed by atoms with Gasteiger partial charge in [-0.3, -0.25) is 4.79 Å². The SMILES string of the molecule is Cl.O=C(NCCc1ccc(Cl)s1)C1CCCCN1. The van der Waals surface area contributed by atoms with Gasteiger partial charge in [0.05, 0.1) is 10.4 Å². The maximum absolute atomic E-state index is 11.8. The van der Waals surface area contributed by atoms with Crippen LogP contribution in [0.1, 0.15) is 24.1 Å². The molecule has 1 amide bonds. The van der Waals surface area contributed by atoms with Crippen LogP contribution in [-0.2, 0) is 11.2 Å². The topological polar surface area (TPSA) is 41.1 Å². The molecule has 18 heavy (non-hydrogen) atoms. The van der Waals surface area contributed by atoms with Crippen LogP contribution in [0.15, 0.2) is 12.1 Å². The number of piperidine rings is 1.